The summed E-state index contributed by atoms with van der Waals surface area (Å²) in [6, 6.07) is 16.8. The maximum absolute atomic E-state index is 10.9. The lowest BCUT2D eigenvalue weighted by Crippen LogP contribution is -2.37. The highest BCUT2D eigenvalue weighted by molar-refractivity contribution is 5.90. The minimum atomic E-state index is -0.797. The summed E-state index contributed by atoms with van der Waals surface area (Å²) in [5.74, 6) is 0.826. The molecule has 0 atom stereocenters. The Kier molecular flexibility index (Phi) is 6.85. The zero-order valence-electron chi connectivity index (χ0n) is 18.7. The number of rotatable bonds is 8. The Labute approximate surface area is 188 Å². The highest BCUT2D eigenvalue weighted by atomic mass is 16.4. The molecule has 0 saturated heterocycles. The van der Waals surface area contributed by atoms with Crippen molar-refractivity contribution in [3.05, 3.63) is 59.7 Å². The molecular weight excluding hydrogens is 402 g/mol. The number of aliphatic carboxylic acids is 1. The fourth-order valence-electron chi connectivity index (χ4n) is 4.38. The molecular formula is C25H31N5O2. The van der Waals surface area contributed by atoms with Gasteiger partial charge in [-0.2, -0.15) is 4.98 Å². The molecule has 2 aromatic carbocycles. The van der Waals surface area contributed by atoms with Crippen LogP contribution in [0.1, 0.15) is 36.8 Å². The molecule has 0 amide bonds. The number of hydrogen-bond donors (Lipinski definition) is 3. The molecule has 0 radical (unpaired) electrons. The lowest BCUT2D eigenvalue weighted by atomic mass is 9.91. The third-order valence-corrected chi connectivity index (χ3v) is 6.01. The molecule has 7 heteroatoms. The van der Waals surface area contributed by atoms with Crippen molar-refractivity contribution in [3.63, 3.8) is 0 Å². The van der Waals surface area contributed by atoms with Crippen LogP contribution in [-0.4, -0.2) is 47.2 Å². The van der Waals surface area contributed by atoms with E-state index in [9.17, 15) is 4.79 Å². The second kappa shape index (κ2) is 9.96. The molecule has 1 aromatic heterocycles. The Morgan fingerprint density at radius 2 is 1.72 bits per heavy atom. The number of hydrogen-bond acceptors (Lipinski definition) is 6. The van der Waals surface area contributed by atoms with Crippen LogP contribution in [0.2, 0.25) is 0 Å². The van der Waals surface area contributed by atoms with Gasteiger partial charge in [0.15, 0.2) is 0 Å². The van der Waals surface area contributed by atoms with E-state index in [1.54, 1.807) is 0 Å². The van der Waals surface area contributed by atoms with Gasteiger partial charge in [0.05, 0.1) is 11.9 Å². The number of nitrogens with zero attached hydrogens (tertiary/aromatic N) is 3. The van der Waals surface area contributed by atoms with E-state index in [0.29, 0.717) is 18.0 Å². The van der Waals surface area contributed by atoms with E-state index in [4.69, 9.17) is 15.1 Å². The Bertz CT molecular complexity index is 1080. The van der Waals surface area contributed by atoms with E-state index in [1.165, 1.54) is 0 Å². The molecule has 3 N–H and O–H groups in total. The molecule has 0 spiro atoms. The van der Waals surface area contributed by atoms with E-state index < -0.39 is 5.97 Å². The van der Waals surface area contributed by atoms with Crippen LogP contribution in [0.4, 0.5) is 11.8 Å². The highest BCUT2D eigenvalue weighted by Crippen LogP contribution is 2.26. The molecule has 32 heavy (non-hydrogen) atoms. The van der Waals surface area contributed by atoms with Crippen LogP contribution in [0.3, 0.4) is 0 Å². The van der Waals surface area contributed by atoms with Gasteiger partial charge in [0.25, 0.3) is 0 Å². The lowest BCUT2D eigenvalue weighted by molar-refractivity contribution is -0.136. The van der Waals surface area contributed by atoms with E-state index in [-0.39, 0.29) is 6.42 Å². The second-order valence-electron chi connectivity index (χ2n) is 8.75. The lowest BCUT2D eigenvalue weighted by Gasteiger charge is -2.30. The van der Waals surface area contributed by atoms with Crippen molar-refractivity contribution < 1.29 is 9.90 Å². The van der Waals surface area contributed by atoms with Gasteiger partial charge >= 0.3 is 5.97 Å². The Morgan fingerprint density at radius 3 is 2.47 bits per heavy atom. The number of anilines is 2. The second-order valence-corrected chi connectivity index (χ2v) is 8.75. The van der Waals surface area contributed by atoms with E-state index in [2.05, 4.69) is 16.7 Å². The number of fused-ring (bicyclic) bond motifs is 1. The molecule has 4 rings (SSSR count). The number of benzene rings is 2. The molecule has 1 saturated carbocycles. The third-order valence-electron chi connectivity index (χ3n) is 6.01. The largest absolute Gasteiger partial charge is 0.481 e. The molecule has 0 aliphatic heterocycles. The topological polar surface area (TPSA) is 90.4 Å². The SMILES string of the molecule is CN(C)c1nc(NC2CCC(NCc3cccc(CC(=O)O)c3)CC2)nc2ccccc12. The van der Waals surface area contributed by atoms with Gasteiger partial charge in [0.1, 0.15) is 5.82 Å². The molecule has 0 bridgehead atoms. The Morgan fingerprint density at radius 1 is 1.00 bits per heavy atom. The summed E-state index contributed by atoms with van der Waals surface area (Å²) in [6.07, 6.45) is 4.35. The van der Waals surface area contributed by atoms with E-state index >= 15 is 0 Å². The highest BCUT2D eigenvalue weighted by Gasteiger charge is 2.22. The average Bonchev–Trinajstić information content (AvgIpc) is 2.78. The van der Waals surface area contributed by atoms with Gasteiger partial charge in [-0.15, -0.1) is 0 Å². The first-order valence-corrected chi connectivity index (χ1v) is 11.2. The van der Waals surface area contributed by atoms with Gasteiger partial charge in [-0.1, -0.05) is 36.4 Å². The predicted octanol–water partition coefficient (Wildman–Crippen LogP) is 3.84. The van der Waals surface area contributed by atoms with Gasteiger partial charge in [-0.05, 0) is 48.9 Å². The van der Waals surface area contributed by atoms with Gasteiger partial charge in [-0.25, -0.2) is 4.98 Å². The fourth-order valence-corrected chi connectivity index (χ4v) is 4.38. The molecule has 0 unspecified atom stereocenters. The monoisotopic (exact) mass is 433 g/mol. The molecule has 1 fully saturated rings. The standard InChI is InChI=1S/C25H31N5O2/c1-30(2)24-21-8-3-4-9-22(21)28-25(29-24)27-20-12-10-19(11-13-20)26-16-18-7-5-6-17(14-18)15-23(31)32/h3-9,14,19-20,26H,10-13,15-16H2,1-2H3,(H,31,32)(H,27,28,29). The van der Waals surface area contributed by atoms with Crippen LogP contribution < -0.4 is 15.5 Å². The minimum absolute atomic E-state index is 0.0665. The maximum Gasteiger partial charge on any atom is 0.307 e. The van der Waals surface area contributed by atoms with Crippen LogP contribution in [0.15, 0.2) is 48.5 Å². The van der Waals surface area contributed by atoms with Crippen LogP contribution in [-0.2, 0) is 17.8 Å². The molecule has 168 valence electrons. The molecule has 1 heterocycles. The van der Waals surface area contributed by atoms with Crippen LogP contribution in [0.25, 0.3) is 10.9 Å². The summed E-state index contributed by atoms with van der Waals surface area (Å²) in [5, 5.41) is 17.2. The maximum atomic E-state index is 10.9. The first-order valence-electron chi connectivity index (χ1n) is 11.2. The van der Waals surface area contributed by atoms with E-state index in [0.717, 1.165) is 60.1 Å². The summed E-state index contributed by atoms with van der Waals surface area (Å²) in [6.45, 7) is 0.760. The number of carbonyl (C=O) groups is 1. The van der Waals surface area contributed by atoms with Gasteiger partial charge < -0.3 is 20.6 Å². The minimum Gasteiger partial charge on any atom is -0.481 e. The number of carboxylic acids is 1. The quantitative estimate of drug-likeness (QED) is 0.497. The van der Waals surface area contributed by atoms with Gasteiger partial charge in [0.2, 0.25) is 5.95 Å². The van der Waals surface area contributed by atoms with Gasteiger partial charge in [0, 0.05) is 38.1 Å². The van der Waals surface area contributed by atoms with Crippen molar-refractivity contribution in [2.24, 2.45) is 0 Å². The predicted molar refractivity (Wildman–Crippen MR) is 128 cm³/mol. The molecule has 7 nitrogen and oxygen atoms in total. The van der Waals surface area contributed by atoms with Crippen molar-refractivity contribution >= 4 is 28.6 Å². The number of para-hydroxylation sites is 1. The third kappa shape index (κ3) is 5.53. The number of nitrogens with one attached hydrogen (secondary N) is 2. The first-order chi connectivity index (χ1) is 15.5. The average molecular weight is 434 g/mol. The molecule has 3 aromatic rings. The number of carboxylic acid groups (broad SMARTS) is 1. The Hall–Kier alpha value is -3.19. The van der Waals surface area contributed by atoms with Crippen molar-refractivity contribution in [2.75, 3.05) is 24.3 Å². The van der Waals surface area contributed by atoms with Crippen molar-refractivity contribution in [3.8, 4) is 0 Å². The summed E-state index contributed by atoms with van der Waals surface area (Å²) < 4.78 is 0. The van der Waals surface area contributed by atoms with Gasteiger partial charge in [-0.3, -0.25) is 4.79 Å². The number of aromatic nitrogens is 2. The Balaban J connectivity index is 1.31. The smallest absolute Gasteiger partial charge is 0.307 e. The zero-order valence-corrected chi connectivity index (χ0v) is 18.7. The summed E-state index contributed by atoms with van der Waals surface area (Å²) in [5.41, 5.74) is 2.93. The van der Waals surface area contributed by atoms with Crippen molar-refractivity contribution in [1.82, 2.24) is 15.3 Å². The summed E-state index contributed by atoms with van der Waals surface area (Å²) in [7, 11) is 4.01. The van der Waals surface area contributed by atoms with Crippen molar-refractivity contribution in [2.45, 2.75) is 50.7 Å². The van der Waals surface area contributed by atoms with Crippen molar-refractivity contribution in [1.29, 1.82) is 0 Å². The van der Waals surface area contributed by atoms with E-state index in [1.807, 2.05) is 61.5 Å². The van der Waals surface area contributed by atoms with Crippen LogP contribution in [0, 0.1) is 0 Å². The summed E-state index contributed by atoms with van der Waals surface area (Å²) >= 11 is 0. The summed E-state index contributed by atoms with van der Waals surface area (Å²) in [4.78, 5) is 22.5. The molecule has 1 aliphatic carbocycles. The fraction of sp³-hybridized carbons (Fsp3) is 0.400. The zero-order chi connectivity index (χ0) is 22.5. The van der Waals surface area contributed by atoms with Crippen LogP contribution in [0.5, 0.6) is 0 Å². The normalized spacial score (nSPS) is 18.4. The van der Waals surface area contributed by atoms with Crippen LogP contribution >= 0.6 is 0 Å². The first kappa shape index (κ1) is 22.0. The molecule has 1 aliphatic rings.